The highest BCUT2D eigenvalue weighted by atomic mass is 35.5. The summed E-state index contributed by atoms with van der Waals surface area (Å²) in [5, 5.41) is 7.58. The second-order valence-electron chi connectivity index (χ2n) is 9.21. The number of carbonyl (C=O) groups excluding carboxylic acids is 1. The van der Waals surface area contributed by atoms with Crippen molar-refractivity contribution < 1.29 is 4.79 Å². The second kappa shape index (κ2) is 9.71. The van der Waals surface area contributed by atoms with Gasteiger partial charge in [-0.1, -0.05) is 90.0 Å². The van der Waals surface area contributed by atoms with E-state index >= 15 is 0 Å². The van der Waals surface area contributed by atoms with Crippen LogP contribution in [0.5, 0.6) is 0 Å². The molecule has 38 heavy (non-hydrogen) atoms. The molecule has 0 N–H and O–H groups in total. The van der Waals surface area contributed by atoms with Crippen LogP contribution < -0.4 is 9.91 Å². The van der Waals surface area contributed by atoms with Gasteiger partial charge in [-0.25, -0.2) is 5.01 Å². The molecule has 2 aliphatic heterocycles. The number of hydrogen-bond donors (Lipinski definition) is 0. The molecule has 7 heteroatoms. The highest BCUT2D eigenvalue weighted by molar-refractivity contribution is 8.16. The third kappa shape index (κ3) is 4.06. The van der Waals surface area contributed by atoms with Gasteiger partial charge in [0.2, 0.25) is 0 Å². The Morgan fingerprint density at radius 1 is 0.816 bits per heavy atom. The number of benzene rings is 4. The average molecular weight is 537 g/mol. The van der Waals surface area contributed by atoms with Crippen molar-refractivity contribution in [2.45, 2.75) is 12.0 Å². The fourth-order valence-electron chi connectivity index (χ4n) is 4.74. The van der Waals surface area contributed by atoms with Crippen LogP contribution in [-0.4, -0.2) is 28.0 Å². The first-order chi connectivity index (χ1) is 18.5. The van der Waals surface area contributed by atoms with Gasteiger partial charge in [0.1, 0.15) is 10.7 Å². The van der Waals surface area contributed by atoms with Crippen LogP contribution in [0.4, 0.5) is 11.4 Å². The van der Waals surface area contributed by atoms with E-state index in [9.17, 15) is 4.79 Å². The molecule has 0 aromatic heterocycles. The molecule has 0 radical (unpaired) electrons. The summed E-state index contributed by atoms with van der Waals surface area (Å²) in [5.41, 5.74) is 5.31. The number of halogens is 1. The molecule has 1 amide bonds. The lowest BCUT2D eigenvalue weighted by molar-refractivity contribution is -0.114. The van der Waals surface area contributed by atoms with Crippen molar-refractivity contribution in [1.82, 2.24) is 4.90 Å². The van der Waals surface area contributed by atoms with Crippen LogP contribution in [-0.2, 0) is 4.79 Å². The van der Waals surface area contributed by atoms with Gasteiger partial charge in [0, 0.05) is 23.3 Å². The van der Waals surface area contributed by atoms with Crippen molar-refractivity contribution in [3.63, 3.8) is 0 Å². The van der Waals surface area contributed by atoms with Gasteiger partial charge in [0.25, 0.3) is 11.0 Å². The number of likely N-dealkylation sites (N-methyl/N-ethyl adjacent to an activating group) is 1. The number of hydrogen-bond acceptors (Lipinski definition) is 5. The van der Waals surface area contributed by atoms with E-state index in [1.165, 1.54) is 5.56 Å². The fraction of sp³-hybridized carbons (Fsp3) is 0.0968. The molecule has 4 aromatic rings. The van der Waals surface area contributed by atoms with Gasteiger partial charge in [-0.15, -0.1) is 0 Å². The molecule has 0 bridgehead atoms. The zero-order valence-electron chi connectivity index (χ0n) is 21.0. The molecule has 6 rings (SSSR count). The molecule has 1 unspecified atom stereocenters. The minimum Gasteiger partial charge on any atom is -0.319 e. The third-order valence-corrected chi connectivity index (χ3v) is 8.37. The minimum absolute atomic E-state index is 0.109. The maximum atomic E-state index is 14.3. The lowest BCUT2D eigenvalue weighted by atomic mass is 10.2. The topological polar surface area (TPSA) is 39.1 Å². The Kier molecular flexibility index (Phi) is 6.22. The van der Waals surface area contributed by atoms with Crippen molar-refractivity contribution in [3.05, 3.63) is 137 Å². The molecule has 0 aliphatic carbocycles. The predicted octanol–water partition coefficient (Wildman–Crippen LogP) is 7.19. The molecule has 1 fully saturated rings. The van der Waals surface area contributed by atoms with Gasteiger partial charge in [-0.2, -0.15) is 5.10 Å². The number of anilines is 2. The van der Waals surface area contributed by atoms with E-state index < -0.39 is 5.12 Å². The van der Waals surface area contributed by atoms with E-state index in [2.05, 4.69) is 31.2 Å². The number of aryl methyl sites for hydroxylation is 1. The van der Waals surface area contributed by atoms with Crippen molar-refractivity contribution in [2.24, 2.45) is 5.10 Å². The lowest BCUT2D eigenvalue weighted by Gasteiger charge is -2.43. The van der Waals surface area contributed by atoms with Crippen LogP contribution >= 0.6 is 23.4 Å². The Bertz CT molecular complexity index is 1540. The summed E-state index contributed by atoms with van der Waals surface area (Å²) in [6, 6.07) is 35.6. The van der Waals surface area contributed by atoms with E-state index in [1.807, 2.05) is 113 Å². The second-order valence-corrected chi connectivity index (χ2v) is 10.8. The SMILES string of the molecule is Cc1ccc(C2=NN(c3ccccc3)C3(S2)N(C)/C(=C/c2ccc(Cl)cc2)C(=O)N3c2ccccc2)cc1. The van der Waals surface area contributed by atoms with Crippen LogP contribution in [0.25, 0.3) is 6.08 Å². The van der Waals surface area contributed by atoms with Crippen LogP contribution in [0.2, 0.25) is 5.02 Å². The lowest BCUT2D eigenvalue weighted by Crippen LogP contribution is -2.59. The third-order valence-electron chi connectivity index (χ3n) is 6.70. The predicted molar refractivity (Wildman–Crippen MR) is 158 cm³/mol. The van der Waals surface area contributed by atoms with Crippen molar-refractivity contribution in [3.8, 4) is 0 Å². The Hall–Kier alpha value is -4.00. The maximum absolute atomic E-state index is 14.3. The van der Waals surface area contributed by atoms with Crippen LogP contribution in [0, 0.1) is 6.92 Å². The van der Waals surface area contributed by atoms with E-state index in [1.54, 1.807) is 11.8 Å². The molecule has 5 nitrogen and oxygen atoms in total. The Balaban J connectivity index is 1.56. The number of amides is 1. The van der Waals surface area contributed by atoms with Crippen molar-refractivity contribution >= 4 is 51.8 Å². The van der Waals surface area contributed by atoms with Gasteiger partial charge in [-0.3, -0.25) is 9.69 Å². The minimum atomic E-state index is -1.00. The number of hydrazone groups is 1. The highest BCUT2D eigenvalue weighted by Crippen LogP contribution is 2.53. The van der Waals surface area contributed by atoms with E-state index in [-0.39, 0.29) is 5.91 Å². The van der Waals surface area contributed by atoms with E-state index in [0.29, 0.717) is 10.7 Å². The summed E-state index contributed by atoms with van der Waals surface area (Å²) >= 11 is 7.69. The fourth-order valence-corrected chi connectivity index (χ4v) is 6.25. The van der Waals surface area contributed by atoms with Gasteiger partial charge in [0.05, 0.1) is 5.69 Å². The molecule has 4 aromatic carbocycles. The highest BCUT2D eigenvalue weighted by Gasteiger charge is 2.62. The molecule has 1 atom stereocenters. The molecular weight excluding hydrogens is 512 g/mol. The molecule has 0 saturated carbocycles. The first-order valence-electron chi connectivity index (χ1n) is 12.3. The first kappa shape index (κ1) is 24.3. The summed E-state index contributed by atoms with van der Waals surface area (Å²) in [6.07, 6.45) is 1.91. The standard InChI is InChI=1S/C31H25ClN4OS/c1-22-13-17-24(18-14-22)29-33-36(27-11-7-4-8-12-27)31(38-29)34(2)28(21-23-15-19-25(32)20-16-23)30(37)35(31)26-9-5-3-6-10-26/h3-21H,1-2H3/b28-21+. The molecule has 2 heterocycles. The van der Waals surface area contributed by atoms with Crippen molar-refractivity contribution in [2.75, 3.05) is 17.0 Å². The Morgan fingerprint density at radius 3 is 2.05 bits per heavy atom. The summed E-state index contributed by atoms with van der Waals surface area (Å²) < 4.78 is 0. The number of carbonyl (C=O) groups is 1. The monoisotopic (exact) mass is 536 g/mol. The number of para-hydroxylation sites is 2. The largest absolute Gasteiger partial charge is 0.319 e. The molecule has 188 valence electrons. The zero-order chi connectivity index (χ0) is 26.3. The van der Waals surface area contributed by atoms with Crippen LogP contribution in [0.3, 0.4) is 0 Å². The molecular formula is C31H25ClN4OS. The normalized spacial score (nSPS) is 20.1. The zero-order valence-corrected chi connectivity index (χ0v) is 22.5. The van der Waals surface area contributed by atoms with Crippen molar-refractivity contribution in [1.29, 1.82) is 0 Å². The summed E-state index contributed by atoms with van der Waals surface area (Å²) in [4.78, 5) is 18.2. The van der Waals surface area contributed by atoms with Gasteiger partial charge < -0.3 is 4.90 Å². The Morgan fingerprint density at radius 2 is 1.42 bits per heavy atom. The molecule has 1 saturated heterocycles. The number of thioether (sulfide) groups is 1. The quantitative estimate of drug-likeness (QED) is 0.259. The number of nitrogens with zero attached hydrogens (tertiary/aromatic N) is 4. The average Bonchev–Trinajstić information content (AvgIpc) is 3.43. The van der Waals surface area contributed by atoms with Crippen LogP contribution in [0.1, 0.15) is 16.7 Å². The summed E-state index contributed by atoms with van der Waals surface area (Å²) in [5.74, 6) is -0.109. The molecule has 2 aliphatic rings. The Labute approximate surface area is 231 Å². The van der Waals surface area contributed by atoms with Gasteiger partial charge in [-0.05, 0) is 66.7 Å². The molecule has 1 spiro atoms. The van der Waals surface area contributed by atoms with Crippen LogP contribution in [0.15, 0.2) is 120 Å². The van der Waals surface area contributed by atoms with E-state index in [0.717, 1.165) is 27.5 Å². The summed E-state index contributed by atoms with van der Waals surface area (Å²) in [6.45, 7) is 2.07. The first-order valence-corrected chi connectivity index (χ1v) is 13.5. The maximum Gasteiger partial charge on any atom is 0.278 e. The number of rotatable bonds is 4. The summed E-state index contributed by atoms with van der Waals surface area (Å²) in [7, 11) is 1.96. The van der Waals surface area contributed by atoms with Gasteiger partial charge >= 0.3 is 0 Å². The van der Waals surface area contributed by atoms with E-state index in [4.69, 9.17) is 16.7 Å². The smallest absolute Gasteiger partial charge is 0.278 e. The van der Waals surface area contributed by atoms with Gasteiger partial charge in [0.15, 0.2) is 0 Å².